The molecular weight excluding hydrogens is 306 g/mol. The van der Waals surface area contributed by atoms with Crippen LogP contribution in [-0.4, -0.2) is 59.3 Å². The first-order valence-electron chi connectivity index (χ1n) is 8.50. The fraction of sp³-hybridized carbons (Fsp3) is 0.625. The highest BCUT2D eigenvalue weighted by molar-refractivity contribution is 5.77. The topological polar surface area (TPSA) is 97.2 Å². The summed E-state index contributed by atoms with van der Waals surface area (Å²) in [5, 5.41) is 15.6. The molecule has 2 unspecified atom stereocenters. The maximum Gasteiger partial charge on any atom is 0.226 e. The first-order valence-corrected chi connectivity index (χ1v) is 8.50. The Bertz CT molecular complexity index is 661. The summed E-state index contributed by atoms with van der Waals surface area (Å²) in [6.45, 7) is 3.18. The molecule has 1 aromatic rings. The predicted octanol–water partition coefficient (Wildman–Crippen LogP) is -0.358. The van der Waals surface area contributed by atoms with E-state index in [1.165, 1.54) is 12.8 Å². The number of amides is 1. The number of rotatable bonds is 3. The van der Waals surface area contributed by atoms with E-state index in [2.05, 4.69) is 30.4 Å². The van der Waals surface area contributed by atoms with Crippen LogP contribution in [0.3, 0.4) is 0 Å². The highest BCUT2D eigenvalue weighted by Crippen LogP contribution is 2.35. The van der Waals surface area contributed by atoms with Crippen LogP contribution in [0.1, 0.15) is 25.0 Å². The molecule has 0 spiro atoms. The lowest BCUT2D eigenvalue weighted by molar-refractivity contribution is -0.127. The maximum absolute atomic E-state index is 12.0. The van der Waals surface area contributed by atoms with Crippen molar-refractivity contribution in [3.63, 3.8) is 0 Å². The van der Waals surface area contributed by atoms with Gasteiger partial charge in [0.25, 0.3) is 0 Å². The Balaban J connectivity index is 1.37. The summed E-state index contributed by atoms with van der Waals surface area (Å²) < 4.78 is 0. The van der Waals surface area contributed by atoms with Gasteiger partial charge in [-0.25, -0.2) is 9.97 Å². The van der Waals surface area contributed by atoms with Crippen molar-refractivity contribution in [1.29, 1.82) is 5.26 Å². The average molecular weight is 327 g/mol. The smallest absolute Gasteiger partial charge is 0.226 e. The minimum Gasteiger partial charge on any atom is -0.338 e. The number of nitriles is 1. The Morgan fingerprint density at radius 3 is 2.75 bits per heavy atom. The molecule has 1 amide bonds. The van der Waals surface area contributed by atoms with Crippen LogP contribution < -0.4 is 15.5 Å². The number of piperazine rings is 1. The molecule has 1 saturated carbocycles. The Kier molecular flexibility index (Phi) is 4.04. The SMILES string of the molecule is N#Cc1ccnc(N2CCN(C3NC(=O)CC(C4CC4)N3)CC2)n1. The molecule has 4 rings (SSSR count). The van der Waals surface area contributed by atoms with Gasteiger partial charge < -0.3 is 10.2 Å². The van der Waals surface area contributed by atoms with Crippen LogP contribution in [0.25, 0.3) is 0 Å². The standard InChI is InChI=1S/C16H21N7O/c17-10-12-3-4-18-15(19-12)22-5-7-23(8-6-22)16-20-13(11-1-2-11)9-14(24)21-16/h3-4,11,13,16,20H,1-2,5-9H2,(H,21,24). The van der Waals surface area contributed by atoms with E-state index < -0.39 is 0 Å². The Morgan fingerprint density at radius 1 is 1.25 bits per heavy atom. The molecule has 24 heavy (non-hydrogen) atoms. The quantitative estimate of drug-likeness (QED) is 0.782. The summed E-state index contributed by atoms with van der Waals surface area (Å²) >= 11 is 0. The van der Waals surface area contributed by atoms with Crippen LogP contribution >= 0.6 is 0 Å². The third-order valence-electron chi connectivity index (χ3n) is 4.99. The van der Waals surface area contributed by atoms with E-state index in [0.29, 0.717) is 30.0 Å². The Hall–Kier alpha value is -2.24. The fourth-order valence-corrected chi connectivity index (χ4v) is 3.46. The molecule has 2 aliphatic heterocycles. The highest BCUT2D eigenvalue weighted by atomic mass is 16.2. The van der Waals surface area contributed by atoms with E-state index in [0.717, 1.165) is 26.2 Å². The van der Waals surface area contributed by atoms with E-state index >= 15 is 0 Å². The van der Waals surface area contributed by atoms with E-state index in [1.807, 2.05) is 6.07 Å². The molecule has 3 fully saturated rings. The number of hydrogen-bond acceptors (Lipinski definition) is 7. The van der Waals surface area contributed by atoms with Gasteiger partial charge >= 0.3 is 0 Å². The van der Waals surface area contributed by atoms with Gasteiger partial charge in [0.2, 0.25) is 11.9 Å². The second-order valence-corrected chi connectivity index (χ2v) is 6.66. The Labute approximate surface area is 140 Å². The second-order valence-electron chi connectivity index (χ2n) is 6.66. The van der Waals surface area contributed by atoms with Gasteiger partial charge in [0, 0.05) is 44.8 Å². The van der Waals surface area contributed by atoms with Crippen LogP contribution in [0.5, 0.6) is 0 Å². The molecule has 2 atom stereocenters. The minimum absolute atomic E-state index is 0.0784. The van der Waals surface area contributed by atoms with Crippen LogP contribution in [0.4, 0.5) is 5.95 Å². The largest absolute Gasteiger partial charge is 0.338 e. The average Bonchev–Trinajstić information content (AvgIpc) is 3.47. The van der Waals surface area contributed by atoms with Gasteiger partial charge in [0.05, 0.1) is 0 Å². The van der Waals surface area contributed by atoms with E-state index in [1.54, 1.807) is 12.3 Å². The lowest BCUT2D eigenvalue weighted by atomic mass is 10.1. The van der Waals surface area contributed by atoms with E-state index in [9.17, 15) is 4.79 Å². The number of anilines is 1. The van der Waals surface area contributed by atoms with Gasteiger partial charge in [-0.2, -0.15) is 5.26 Å². The molecule has 1 aromatic heterocycles. The monoisotopic (exact) mass is 327 g/mol. The number of hydrogen-bond donors (Lipinski definition) is 2. The van der Waals surface area contributed by atoms with Gasteiger partial charge in [0.1, 0.15) is 18.1 Å². The molecular formula is C16H21N7O. The number of carbonyl (C=O) groups excluding carboxylic acids is 1. The van der Waals surface area contributed by atoms with Crippen LogP contribution in [0.15, 0.2) is 12.3 Å². The molecule has 0 bridgehead atoms. The summed E-state index contributed by atoms with van der Waals surface area (Å²) in [7, 11) is 0. The van der Waals surface area contributed by atoms with Crippen molar-refractivity contribution in [3.8, 4) is 6.07 Å². The predicted molar refractivity (Wildman–Crippen MR) is 86.7 cm³/mol. The third-order valence-corrected chi connectivity index (χ3v) is 4.99. The van der Waals surface area contributed by atoms with Crippen LogP contribution in [-0.2, 0) is 4.79 Å². The van der Waals surface area contributed by atoms with Crippen LogP contribution in [0.2, 0.25) is 0 Å². The summed E-state index contributed by atoms with van der Waals surface area (Å²) in [6.07, 6.45) is 4.60. The number of aromatic nitrogens is 2. The molecule has 0 aromatic carbocycles. The van der Waals surface area contributed by atoms with Crippen molar-refractivity contribution in [2.24, 2.45) is 5.92 Å². The zero-order chi connectivity index (χ0) is 16.5. The van der Waals surface area contributed by atoms with Crippen molar-refractivity contribution in [3.05, 3.63) is 18.0 Å². The molecule has 8 heteroatoms. The van der Waals surface area contributed by atoms with Crippen molar-refractivity contribution < 1.29 is 4.79 Å². The molecule has 3 heterocycles. The van der Waals surface area contributed by atoms with E-state index in [-0.39, 0.29) is 12.2 Å². The third kappa shape index (κ3) is 3.18. The molecule has 1 aliphatic carbocycles. The van der Waals surface area contributed by atoms with Gasteiger partial charge in [-0.15, -0.1) is 0 Å². The summed E-state index contributed by atoms with van der Waals surface area (Å²) in [4.78, 5) is 24.8. The van der Waals surface area contributed by atoms with Crippen molar-refractivity contribution >= 4 is 11.9 Å². The zero-order valence-corrected chi connectivity index (χ0v) is 13.5. The Morgan fingerprint density at radius 2 is 2.04 bits per heavy atom. The van der Waals surface area contributed by atoms with Crippen molar-refractivity contribution in [1.82, 2.24) is 25.5 Å². The van der Waals surface area contributed by atoms with Gasteiger partial charge in [-0.1, -0.05) is 0 Å². The molecule has 126 valence electrons. The normalized spacial score (nSPS) is 28.3. The molecule has 2 N–H and O–H groups in total. The van der Waals surface area contributed by atoms with Gasteiger partial charge in [-0.3, -0.25) is 15.0 Å². The van der Waals surface area contributed by atoms with Gasteiger partial charge in [-0.05, 0) is 24.8 Å². The number of carbonyl (C=O) groups is 1. The zero-order valence-electron chi connectivity index (χ0n) is 13.5. The lowest BCUT2D eigenvalue weighted by Gasteiger charge is -2.43. The van der Waals surface area contributed by atoms with E-state index in [4.69, 9.17) is 5.26 Å². The summed E-state index contributed by atoms with van der Waals surface area (Å²) in [5.41, 5.74) is 0.385. The maximum atomic E-state index is 12.0. The second kappa shape index (κ2) is 6.34. The van der Waals surface area contributed by atoms with Gasteiger partial charge in [0.15, 0.2) is 0 Å². The fourth-order valence-electron chi connectivity index (χ4n) is 3.46. The number of nitrogens with one attached hydrogen (secondary N) is 2. The van der Waals surface area contributed by atoms with Crippen molar-refractivity contribution in [2.45, 2.75) is 31.6 Å². The minimum atomic E-state index is -0.0784. The number of nitrogens with zero attached hydrogens (tertiary/aromatic N) is 5. The lowest BCUT2D eigenvalue weighted by Crippen LogP contribution is -2.67. The molecule has 3 aliphatic rings. The summed E-state index contributed by atoms with van der Waals surface area (Å²) in [5.74, 6) is 1.41. The highest BCUT2D eigenvalue weighted by Gasteiger charge is 2.39. The molecule has 8 nitrogen and oxygen atoms in total. The summed E-state index contributed by atoms with van der Waals surface area (Å²) in [6, 6.07) is 3.97. The van der Waals surface area contributed by atoms with Crippen LogP contribution in [0, 0.1) is 17.2 Å². The first-order chi connectivity index (χ1) is 11.7. The molecule has 2 saturated heterocycles. The van der Waals surface area contributed by atoms with Crippen molar-refractivity contribution in [2.75, 3.05) is 31.1 Å². The molecule has 0 radical (unpaired) electrons. The first kappa shape index (κ1) is 15.3.